The third kappa shape index (κ3) is 4.43. The molecule has 0 amide bonds. The number of aromatic amines is 2. The maximum atomic E-state index is 14.8. The normalized spacial score (nSPS) is 14.8. The molecule has 0 atom stereocenters. The number of hydrogen-bond donors (Lipinski definition) is 3. The van der Waals surface area contributed by atoms with Gasteiger partial charge in [-0.3, -0.25) is 9.78 Å². The van der Waals surface area contributed by atoms with Crippen molar-refractivity contribution in [2.75, 3.05) is 13.1 Å². The van der Waals surface area contributed by atoms with Crippen molar-refractivity contribution in [2.45, 2.75) is 24.9 Å². The molecule has 11 heteroatoms. The Morgan fingerprint density at radius 2 is 1.88 bits per heavy atom. The topological polar surface area (TPSA) is 86.5 Å². The summed E-state index contributed by atoms with van der Waals surface area (Å²) in [6.07, 6.45) is -0.629. The highest BCUT2D eigenvalue weighted by Crippen LogP contribution is 2.33. The minimum absolute atomic E-state index is 0. The summed E-state index contributed by atoms with van der Waals surface area (Å²) in [5, 5.41) is 3.28. The Labute approximate surface area is 197 Å². The lowest BCUT2D eigenvalue weighted by atomic mass is 9.90. The summed E-state index contributed by atoms with van der Waals surface area (Å²) >= 11 is 0. The first kappa shape index (κ1) is 23.9. The van der Waals surface area contributed by atoms with E-state index in [0.717, 1.165) is 43.8 Å². The van der Waals surface area contributed by atoms with Crippen LogP contribution in [0, 0.1) is 5.82 Å². The number of benzene rings is 1. The lowest BCUT2D eigenvalue weighted by Gasteiger charge is -2.23. The van der Waals surface area contributed by atoms with Crippen LogP contribution in [0.25, 0.3) is 22.6 Å². The van der Waals surface area contributed by atoms with E-state index in [9.17, 15) is 22.4 Å². The lowest BCUT2D eigenvalue weighted by molar-refractivity contribution is -0.141. The van der Waals surface area contributed by atoms with Gasteiger partial charge in [0.2, 0.25) is 0 Å². The molecule has 5 rings (SSSR count). The maximum absolute atomic E-state index is 14.8. The number of piperidine rings is 1. The van der Waals surface area contributed by atoms with Crippen molar-refractivity contribution in [3.63, 3.8) is 0 Å². The number of pyridine rings is 1. The van der Waals surface area contributed by atoms with Crippen molar-refractivity contribution in [1.29, 1.82) is 0 Å². The van der Waals surface area contributed by atoms with Gasteiger partial charge in [0.05, 0.1) is 16.8 Å². The van der Waals surface area contributed by atoms with Gasteiger partial charge in [0, 0.05) is 18.0 Å². The summed E-state index contributed by atoms with van der Waals surface area (Å²) in [6.45, 7) is 1.76. The van der Waals surface area contributed by atoms with Crippen LogP contribution in [-0.4, -0.2) is 38.8 Å². The SMILES string of the molecule is Cl.O=C(c1c[nH]c(-c2nc3c(F)cc(C4CCNCC4)cc3[nH]2)c1)c1cccnc1C(F)(F)F. The van der Waals surface area contributed by atoms with Crippen molar-refractivity contribution in [3.05, 3.63) is 70.9 Å². The van der Waals surface area contributed by atoms with Crippen LogP contribution in [0.2, 0.25) is 0 Å². The molecule has 3 N–H and O–H groups in total. The van der Waals surface area contributed by atoms with Gasteiger partial charge in [-0.25, -0.2) is 9.37 Å². The van der Waals surface area contributed by atoms with Crippen molar-refractivity contribution < 1.29 is 22.4 Å². The molecule has 4 aromatic rings. The second kappa shape index (κ2) is 9.19. The summed E-state index contributed by atoms with van der Waals surface area (Å²) in [6, 6.07) is 7.14. The number of nitrogens with zero attached hydrogens (tertiary/aromatic N) is 2. The quantitative estimate of drug-likeness (QED) is 0.268. The fourth-order valence-electron chi connectivity index (χ4n) is 4.25. The van der Waals surface area contributed by atoms with Gasteiger partial charge in [0.25, 0.3) is 0 Å². The highest BCUT2D eigenvalue weighted by Gasteiger charge is 2.37. The predicted octanol–water partition coefficient (Wildman–Crippen LogP) is 5.23. The van der Waals surface area contributed by atoms with Crippen molar-refractivity contribution in [3.8, 4) is 11.5 Å². The summed E-state index contributed by atoms with van der Waals surface area (Å²) < 4.78 is 54.5. The van der Waals surface area contributed by atoms with E-state index in [4.69, 9.17) is 0 Å². The molecule has 1 aliphatic rings. The number of H-pyrrole nitrogens is 2. The first-order valence-electron chi connectivity index (χ1n) is 10.5. The van der Waals surface area contributed by atoms with Gasteiger partial charge in [-0.1, -0.05) is 0 Å². The summed E-state index contributed by atoms with van der Waals surface area (Å²) in [5.41, 5.74) is 0.168. The number of carbonyl (C=O) groups is 1. The van der Waals surface area contributed by atoms with Crippen LogP contribution in [0.15, 0.2) is 42.7 Å². The minimum Gasteiger partial charge on any atom is -0.358 e. The fraction of sp³-hybridized carbons (Fsp3) is 0.261. The fourth-order valence-corrected chi connectivity index (χ4v) is 4.25. The molecule has 1 saturated heterocycles. The Bertz CT molecular complexity index is 1340. The summed E-state index contributed by atoms with van der Waals surface area (Å²) in [5.74, 6) is -0.730. The van der Waals surface area contributed by atoms with Gasteiger partial charge in [-0.05, 0) is 67.7 Å². The predicted molar refractivity (Wildman–Crippen MR) is 121 cm³/mol. The number of hydrogen-bond acceptors (Lipinski definition) is 4. The average Bonchev–Trinajstić information content (AvgIpc) is 3.46. The van der Waals surface area contributed by atoms with E-state index in [0.29, 0.717) is 11.2 Å². The first-order chi connectivity index (χ1) is 15.8. The Hall–Kier alpha value is -3.24. The molecule has 178 valence electrons. The van der Waals surface area contributed by atoms with Gasteiger partial charge < -0.3 is 15.3 Å². The molecule has 6 nitrogen and oxygen atoms in total. The van der Waals surface area contributed by atoms with E-state index >= 15 is 0 Å². The zero-order chi connectivity index (χ0) is 23.2. The second-order valence-electron chi connectivity index (χ2n) is 8.04. The Morgan fingerprint density at radius 3 is 2.62 bits per heavy atom. The Kier molecular flexibility index (Phi) is 6.46. The second-order valence-corrected chi connectivity index (χ2v) is 8.04. The van der Waals surface area contributed by atoms with Gasteiger partial charge in [-0.2, -0.15) is 13.2 Å². The van der Waals surface area contributed by atoms with Crippen molar-refractivity contribution >= 4 is 29.2 Å². The molecule has 0 aliphatic carbocycles. The van der Waals surface area contributed by atoms with Gasteiger partial charge >= 0.3 is 6.18 Å². The summed E-state index contributed by atoms with van der Waals surface area (Å²) in [4.78, 5) is 26.3. The standard InChI is InChI=1S/C23H19F4N5O.ClH/c24-16-8-13(12-3-6-28-7-4-12)9-17-19(16)32-22(31-17)18-10-14(11-30-18)20(33)15-2-1-5-29-21(15)23(25,26)27;/h1-2,5,8-12,28,30H,3-4,6-7H2,(H,31,32);1H. The monoisotopic (exact) mass is 493 g/mol. The number of fused-ring (bicyclic) bond motifs is 1. The van der Waals surface area contributed by atoms with Crippen LogP contribution < -0.4 is 5.32 Å². The molecule has 0 unspecified atom stereocenters. The molecule has 0 radical (unpaired) electrons. The molecule has 0 saturated carbocycles. The first-order valence-corrected chi connectivity index (χ1v) is 10.5. The van der Waals surface area contributed by atoms with Crippen LogP contribution in [0.5, 0.6) is 0 Å². The number of carbonyl (C=O) groups excluding carboxylic acids is 1. The Morgan fingerprint density at radius 1 is 1.12 bits per heavy atom. The third-order valence-electron chi connectivity index (χ3n) is 5.89. The molecule has 0 spiro atoms. The maximum Gasteiger partial charge on any atom is 0.434 e. The molecule has 3 aromatic heterocycles. The third-order valence-corrected chi connectivity index (χ3v) is 5.89. The van der Waals surface area contributed by atoms with Gasteiger partial charge in [-0.15, -0.1) is 12.4 Å². The number of rotatable bonds is 4. The zero-order valence-corrected chi connectivity index (χ0v) is 18.5. The van der Waals surface area contributed by atoms with Gasteiger partial charge in [0.15, 0.2) is 23.1 Å². The van der Waals surface area contributed by atoms with E-state index in [1.807, 2.05) is 6.07 Å². The largest absolute Gasteiger partial charge is 0.434 e. The lowest BCUT2D eigenvalue weighted by Crippen LogP contribution is -2.26. The van der Waals surface area contributed by atoms with Gasteiger partial charge in [0.1, 0.15) is 5.52 Å². The van der Waals surface area contributed by atoms with Crippen LogP contribution in [0.3, 0.4) is 0 Å². The summed E-state index contributed by atoms with van der Waals surface area (Å²) in [7, 11) is 0. The van der Waals surface area contributed by atoms with Crippen molar-refractivity contribution in [2.24, 2.45) is 0 Å². The minimum atomic E-state index is -4.76. The van der Waals surface area contributed by atoms with Crippen LogP contribution >= 0.6 is 12.4 Å². The van der Waals surface area contributed by atoms with Crippen molar-refractivity contribution in [1.82, 2.24) is 25.3 Å². The molecule has 1 fully saturated rings. The molecule has 1 aromatic carbocycles. The molecular formula is C23H20ClF4N5O. The highest BCUT2D eigenvalue weighted by molar-refractivity contribution is 6.10. The van der Waals surface area contributed by atoms with Crippen LogP contribution in [0.1, 0.15) is 45.9 Å². The van der Waals surface area contributed by atoms with E-state index in [-0.39, 0.29) is 35.2 Å². The molecule has 34 heavy (non-hydrogen) atoms. The van der Waals surface area contributed by atoms with E-state index in [1.165, 1.54) is 24.4 Å². The average molecular weight is 494 g/mol. The van der Waals surface area contributed by atoms with E-state index in [1.54, 1.807) is 0 Å². The highest BCUT2D eigenvalue weighted by atomic mass is 35.5. The molecule has 0 bridgehead atoms. The van der Waals surface area contributed by atoms with E-state index < -0.39 is 29.0 Å². The van der Waals surface area contributed by atoms with E-state index in [2.05, 4.69) is 25.3 Å². The molecular weight excluding hydrogens is 474 g/mol. The number of nitrogens with one attached hydrogen (secondary N) is 3. The van der Waals surface area contributed by atoms with Crippen LogP contribution in [0.4, 0.5) is 17.6 Å². The zero-order valence-electron chi connectivity index (χ0n) is 17.7. The number of alkyl halides is 3. The number of halogens is 5. The molecule has 1 aliphatic heterocycles. The number of aromatic nitrogens is 4. The smallest absolute Gasteiger partial charge is 0.358 e. The number of imidazole rings is 1. The number of ketones is 1. The Balaban J connectivity index is 0.00000274. The molecule has 4 heterocycles. The van der Waals surface area contributed by atoms with Crippen LogP contribution in [-0.2, 0) is 6.18 Å².